The van der Waals surface area contributed by atoms with Gasteiger partial charge in [0.25, 0.3) is 0 Å². The smallest absolute Gasteiger partial charge is 0.334 e. The summed E-state index contributed by atoms with van der Waals surface area (Å²) in [6.07, 6.45) is 23.8. The second-order valence-corrected chi connectivity index (χ2v) is 13.9. The number of aliphatic hydroxyl groups excluding tert-OH is 6. The van der Waals surface area contributed by atoms with Crippen LogP contribution in [0.25, 0.3) is 0 Å². The van der Waals surface area contributed by atoms with Crippen molar-refractivity contribution in [2.24, 2.45) is 17.3 Å². The molecule has 0 spiro atoms. The summed E-state index contributed by atoms with van der Waals surface area (Å²) in [5.74, 6) is 1.75. The van der Waals surface area contributed by atoms with E-state index in [1.165, 1.54) is 103 Å². The van der Waals surface area contributed by atoms with Gasteiger partial charge in [0.2, 0.25) is 0 Å². The first-order valence-electron chi connectivity index (χ1n) is 16.6. The van der Waals surface area contributed by atoms with Gasteiger partial charge in [0.1, 0.15) is 0 Å². The molecule has 0 rings (SSSR count). The Morgan fingerprint density at radius 3 is 0.773 bits per heavy atom. The molecule has 0 radical (unpaired) electrons. The van der Waals surface area contributed by atoms with E-state index in [-0.39, 0.29) is 0 Å². The van der Waals surface area contributed by atoms with Crippen LogP contribution in [-0.4, -0.2) is 89.9 Å². The van der Waals surface area contributed by atoms with E-state index in [0.29, 0.717) is 13.2 Å². The Kier molecular flexibility index (Phi) is 48.3. The van der Waals surface area contributed by atoms with Crippen LogP contribution in [0.2, 0.25) is 0 Å². The molecule has 44 heavy (non-hydrogen) atoms. The summed E-state index contributed by atoms with van der Waals surface area (Å²) in [7, 11) is -5.22. The summed E-state index contributed by atoms with van der Waals surface area (Å²) in [6, 6.07) is 0. The van der Waals surface area contributed by atoms with Crippen LogP contribution in [0, 0.1) is 17.3 Å². The zero-order valence-corrected chi connectivity index (χ0v) is 30.2. The van der Waals surface area contributed by atoms with Gasteiger partial charge in [-0.1, -0.05) is 130 Å². The predicted octanol–water partition coefficient (Wildman–Crippen LogP) is 5.66. The van der Waals surface area contributed by atoms with Gasteiger partial charge in [-0.05, 0) is 24.7 Å². The average Bonchev–Trinajstić information content (AvgIpc) is 2.97. The van der Waals surface area contributed by atoms with Gasteiger partial charge in [0.15, 0.2) is 0 Å². The Hall–Kier alpha value is 0.420. The SMILES string of the molecule is CC(C)CCCCCCCCCCO.CC(C)CCCCCCCCCCO.OCC(CO)(CO)CO.OP(O)OP(O)O. The Balaban J connectivity index is -0.000000251. The predicted molar refractivity (Wildman–Crippen MR) is 182 cm³/mol. The summed E-state index contributed by atoms with van der Waals surface area (Å²) >= 11 is 0. The Labute approximate surface area is 271 Å². The lowest BCUT2D eigenvalue weighted by Crippen LogP contribution is -2.37. The van der Waals surface area contributed by atoms with Crippen LogP contribution in [-0.2, 0) is 4.31 Å². The van der Waals surface area contributed by atoms with Gasteiger partial charge >= 0.3 is 17.2 Å². The molecule has 0 amide bonds. The highest BCUT2D eigenvalue weighted by molar-refractivity contribution is 7.53. The summed E-state index contributed by atoms with van der Waals surface area (Å²) in [5.41, 5.74) is -1.11. The van der Waals surface area contributed by atoms with Crippen LogP contribution in [0.15, 0.2) is 0 Å². The fourth-order valence-electron chi connectivity index (χ4n) is 3.82. The highest BCUT2D eigenvalue weighted by Gasteiger charge is 2.26. The van der Waals surface area contributed by atoms with E-state index < -0.39 is 49.0 Å². The first kappa shape index (κ1) is 51.3. The molecule has 0 aromatic heterocycles. The maximum Gasteiger partial charge on any atom is 0.334 e. The third-order valence-electron chi connectivity index (χ3n) is 6.87. The van der Waals surface area contributed by atoms with Gasteiger partial charge in [-0.2, -0.15) is 0 Å². The first-order chi connectivity index (χ1) is 20.9. The minimum absolute atomic E-state index is 0.369. The molecule has 0 atom stereocenters. The van der Waals surface area contributed by atoms with E-state index in [9.17, 15) is 0 Å². The van der Waals surface area contributed by atoms with Crippen LogP contribution in [0.5, 0.6) is 0 Å². The largest absolute Gasteiger partial charge is 0.396 e. The van der Waals surface area contributed by atoms with Crippen molar-refractivity contribution >= 4 is 17.2 Å². The third-order valence-corrected chi connectivity index (χ3v) is 8.04. The monoisotopic (exact) mass is 682 g/mol. The summed E-state index contributed by atoms with van der Waals surface area (Å²) in [4.78, 5) is 31.3. The Morgan fingerprint density at radius 2 is 0.636 bits per heavy atom. The number of hydrogen-bond donors (Lipinski definition) is 10. The molecule has 0 aliphatic carbocycles. The lowest BCUT2D eigenvalue weighted by atomic mass is 9.93. The molecule has 0 saturated heterocycles. The van der Waals surface area contributed by atoms with Crippen molar-refractivity contribution in [3.63, 3.8) is 0 Å². The van der Waals surface area contributed by atoms with Crippen molar-refractivity contribution in [2.45, 2.75) is 143 Å². The van der Waals surface area contributed by atoms with Gasteiger partial charge in [-0.3, -0.25) is 0 Å². The molecule has 0 fully saturated rings. The van der Waals surface area contributed by atoms with Gasteiger partial charge in [-0.25, -0.2) is 4.31 Å². The molecule has 272 valence electrons. The highest BCUT2D eigenvalue weighted by Crippen LogP contribution is 2.41. The molecule has 11 nitrogen and oxygen atoms in total. The highest BCUT2D eigenvalue weighted by atomic mass is 31.2. The second-order valence-electron chi connectivity index (χ2n) is 12.2. The van der Waals surface area contributed by atoms with Crippen molar-refractivity contribution in [1.82, 2.24) is 0 Å². The summed E-state index contributed by atoms with van der Waals surface area (Å²) in [5, 5.41) is 51.2. The van der Waals surface area contributed by atoms with Gasteiger partial charge in [0.05, 0.1) is 31.8 Å². The maximum absolute atomic E-state index is 8.59. The van der Waals surface area contributed by atoms with Crippen LogP contribution in [0.4, 0.5) is 0 Å². The second kappa shape index (κ2) is 41.4. The van der Waals surface area contributed by atoms with Crippen molar-refractivity contribution < 1.29 is 54.5 Å². The number of unbranched alkanes of at least 4 members (excludes halogenated alkanes) is 14. The van der Waals surface area contributed by atoms with Crippen LogP contribution in [0.1, 0.15) is 143 Å². The normalized spacial score (nSPS) is 11.3. The van der Waals surface area contributed by atoms with E-state index in [0.717, 1.165) is 24.7 Å². The number of rotatable bonds is 26. The third kappa shape index (κ3) is 49.3. The summed E-state index contributed by atoms with van der Waals surface area (Å²) < 4.78 is 3.60. The molecule has 0 aromatic carbocycles. The minimum atomic E-state index is -2.61. The van der Waals surface area contributed by atoms with Gasteiger partial charge in [0, 0.05) is 13.2 Å². The Morgan fingerprint density at radius 1 is 0.409 bits per heavy atom. The standard InChI is InChI=1S/2C13H28O.C5H12O4.H4O5P2/c2*1-13(2)11-9-7-5-3-4-6-8-10-12-14;6-1-5(2-7,3-8)4-9;1-6(2)5-7(3)4/h2*13-14H,3-12H2,1-2H3;6-9H,1-4H2;1-4H. The first-order valence-corrected chi connectivity index (χ1v) is 18.9. The molecular formula is C31H72O11P2. The van der Waals surface area contributed by atoms with Crippen molar-refractivity contribution in [2.75, 3.05) is 39.6 Å². The van der Waals surface area contributed by atoms with Crippen LogP contribution < -0.4 is 0 Å². The van der Waals surface area contributed by atoms with Crippen molar-refractivity contribution in [3.8, 4) is 0 Å². The fraction of sp³-hybridized carbons (Fsp3) is 1.00. The lowest BCUT2D eigenvalue weighted by Gasteiger charge is -2.23. The molecule has 0 unspecified atom stereocenters. The van der Waals surface area contributed by atoms with Crippen molar-refractivity contribution in [3.05, 3.63) is 0 Å². The number of hydrogen-bond acceptors (Lipinski definition) is 11. The van der Waals surface area contributed by atoms with E-state index in [1.54, 1.807) is 0 Å². The molecule has 13 heteroatoms. The zero-order valence-electron chi connectivity index (χ0n) is 28.4. The maximum atomic E-state index is 8.59. The van der Waals surface area contributed by atoms with Gasteiger partial charge < -0.3 is 50.2 Å². The zero-order chi connectivity index (χ0) is 34.5. The molecule has 0 aromatic rings. The van der Waals surface area contributed by atoms with E-state index in [1.807, 2.05) is 0 Å². The molecule has 0 aliphatic rings. The fourth-order valence-corrected chi connectivity index (χ4v) is 4.34. The van der Waals surface area contributed by atoms with Gasteiger partial charge in [-0.15, -0.1) is 0 Å². The molecule has 0 bridgehead atoms. The van der Waals surface area contributed by atoms with Crippen LogP contribution >= 0.6 is 17.2 Å². The van der Waals surface area contributed by atoms with E-state index in [4.69, 9.17) is 50.2 Å². The minimum Gasteiger partial charge on any atom is -0.396 e. The number of aliphatic hydroxyl groups is 6. The summed E-state index contributed by atoms with van der Waals surface area (Å²) in [6.45, 7) is 8.32. The van der Waals surface area contributed by atoms with E-state index in [2.05, 4.69) is 32.0 Å². The molecule has 0 heterocycles. The topological polar surface area (TPSA) is 212 Å². The van der Waals surface area contributed by atoms with Crippen LogP contribution in [0.3, 0.4) is 0 Å². The Bertz CT molecular complexity index is 450. The lowest BCUT2D eigenvalue weighted by molar-refractivity contribution is -0.0328. The quantitative estimate of drug-likeness (QED) is 0.0397. The molecule has 0 saturated carbocycles. The van der Waals surface area contributed by atoms with Crippen molar-refractivity contribution in [1.29, 1.82) is 0 Å². The van der Waals surface area contributed by atoms with E-state index >= 15 is 0 Å². The molecule has 0 aliphatic heterocycles. The molecular weight excluding hydrogens is 610 g/mol. The average molecular weight is 683 g/mol. The molecule has 10 N–H and O–H groups in total.